The molecule has 0 bridgehead atoms. The van der Waals surface area contributed by atoms with Crippen molar-refractivity contribution in [2.75, 3.05) is 7.11 Å². The number of aromatic amines is 1. The number of rotatable bonds is 6. The molecule has 0 atom stereocenters. The van der Waals surface area contributed by atoms with Gasteiger partial charge in [0, 0.05) is 28.6 Å². The van der Waals surface area contributed by atoms with Crippen LogP contribution in [0.4, 0.5) is 5.69 Å². The van der Waals surface area contributed by atoms with Crippen LogP contribution in [0, 0.1) is 10.1 Å². The Balaban J connectivity index is 1.90. The number of nitro groups is 1. The van der Waals surface area contributed by atoms with E-state index in [9.17, 15) is 19.7 Å². The SMILES string of the molecule is COc1ccc(/C=C/C(=O)c2c(-c3ccccc3)c3cc([N+](=O)[O-])ccc3[nH]c2=O)cc1. The van der Waals surface area contributed by atoms with Crippen molar-refractivity contribution < 1.29 is 14.5 Å². The van der Waals surface area contributed by atoms with E-state index in [0.717, 1.165) is 5.56 Å². The monoisotopic (exact) mass is 426 g/mol. The van der Waals surface area contributed by atoms with E-state index in [4.69, 9.17) is 4.74 Å². The second-order valence-electron chi connectivity index (χ2n) is 7.03. The van der Waals surface area contributed by atoms with Crippen LogP contribution >= 0.6 is 0 Å². The molecular formula is C25H18N2O5. The number of carbonyl (C=O) groups is 1. The lowest BCUT2D eigenvalue weighted by Crippen LogP contribution is -2.18. The second kappa shape index (κ2) is 8.69. The van der Waals surface area contributed by atoms with Gasteiger partial charge in [-0.1, -0.05) is 48.5 Å². The fourth-order valence-electron chi connectivity index (χ4n) is 3.50. The number of nitro benzene ring substituents is 1. The number of carbonyl (C=O) groups excluding carboxylic acids is 1. The predicted octanol–water partition coefficient (Wildman–Crippen LogP) is 5.01. The van der Waals surface area contributed by atoms with Crippen molar-refractivity contribution in [2.24, 2.45) is 0 Å². The Morgan fingerprint density at radius 2 is 1.75 bits per heavy atom. The van der Waals surface area contributed by atoms with Gasteiger partial charge in [0.25, 0.3) is 11.2 Å². The van der Waals surface area contributed by atoms with E-state index in [1.807, 2.05) is 6.07 Å². The standard InChI is InChI=1S/C25H18N2O5/c1-32-19-11-7-16(8-12-19)9-14-22(28)24-23(17-5-3-2-4-6-17)20-15-18(27(30)31)10-13-21(20)26-25(24)29/h2-15H,1H3,(H,26,29)/b14-9+. The van der Waals surface area contributed by atoms with E-state index in [1.54, 1.807) is 61.7 Å². The van der Waals surface area contributed by atoms with Gasteiger partial charge in [0.1, 0.15) is 5.75 Å². The van der Waals surface area contributed by atoms with Crippen LogP contribution in [0.2, 0.25) is 0 Å². The van der Waals surface area contributed by atoms with Gasteiger partial charge in [0.15, 0.2) is 5.78 Å². The third-order valence-corrected chi connectivity index (χ3v) is 5.06. The molecule has 1 heterocycles. The zero-order valence-electron chi connectivity index (χ0n) is 17.1. The molecule has 0 spiro atoms. The summed E-state index contributed by atoms with van der Waals surface area (Å²) in [6.45, 7) is 0. The summed E-state index contributed by atoms with van der Waals surface area (Å²) in [5.74, 6) is 0.182. The summed E-state index contributed by atoms with van der Waals surface area (Å²) in [5.41, 5.74) is 1.38. The van der Waals surface area contributed by atoms with Crippen LogP contribution in [0.15, 0.2) is 83.7 Å². The third kappa shape index (κ3) is 4.04. The number of pyridine rings is 1. The van der Waals surface area contributed by atoms with Crippen LogP contribution in [0.5, 0.6) is 5.75 Å². The molecule has 4 aromatic rings. The van der Waals surface area contributed by atoms with Crippen LogP contribution < -0.4 is 10.3 Å². The summed E-state index contributed by atoms with van der Waals surface area (Å²) >= 11 is 0. The first kappa shape index (κ1) is 20.7. The van der Waals surface area contributed by atoms with Crippen molar-refractivity contribution in [3.05, 3.63) is 110 Å². The normalized spacial score (nSPS) is 11.0. The van der Waals surface area contributed by atoms with Crippen molar-refractivity contribution in [3.63, 3.8) is 0 Å². The van der Waals surface area contributed by atoms with Crippen molar-refractivity contribution in [2.45, 2.75) is 0 Å². The maximum Gasteiger partial charge on any atom is 0.270 e. The topological polar surface area (TPSA) is 102 Å². The van der Waals surface area contributed by atoms with Crippen molar-refractivity contribution in [1.82, 2.24) is 4.98 Å². The van der Waals surface area contributed by atoms with Crippen molar-refractivity contribution in [3.8, 4) is 16.9 Å². The maximum atomic E-state index is 13.2. The highest BCUT2D eigenvalue weighted by atomic mass is 16.6. The number of fused-ring (bicyclic) bond motifs is 1. The minimum atomic E-state index is -0.561. The van der Waals surface area contributed by atoms with Gasteiger partial charge in [-0.2, -0.15) is 0 Å². The summed E-state index contributed by atoms with van der Waals surface area (Å²) in [4.78, 5) is 39.6. The predicted molar refractivity (Wildman–Crippen MR) is 123 cm³/mol. The van der Waals surface area contributed by atoms with E-state index in [1.165, 1.54) is 24.3 Å². The molecule has 0 saturated carbocycles. The number of hydrogen-bond acceptors (Lipinski definition) is 5. The lowest BCUT2D eigenvalue weighted by atomic mass is 9.93. The van der Waals surface area contributed by atoms with E-state index in [-0.39, 0.29) is 11.3 Å². The Bertz CT molecular complexity index is 1400. The maximum absolute atomic E-state index is 13.2. The molecule has 0 radical (unpaired) electrons. The molecule has 7 heteroatoms. The van der Waals surface area contributed by atoms with Crippen LogP contribution in [0.25, 0.3) is 28.1 Å². The minimum absolute atomic E-state index is 0.0750. The van der Waals surface area contributed by atoms with E-state index in [0.29, 0.717) is 27.8 Å². The zero-order chi connectivity index (χ0) is 22.7. The number of ether oxygens (including phenoxy) is 1. The summed E-state index contributed by atoms with van der Waals surface area (Å²) in [6, 6.07) is 20.2. The Hall–Kier alpha value is -4.52. The molecule has 0 unspecified atom stereocenters. The van der Waals surface area contributed by atoms with Crippen molar-refractivity contribution in [1.29, 1.82) is 0 Å². The Morgan fingerprint density at radius 1 is 1.03 bits per heavy atom. The van der Waals surface area contributed by atoms with Crippen LogP contribution in [-0.2, 0) is 0 Å². The van der Waals surface area contributed by atoms with Gasteiger partial charge in [0.2, 0.25) is 0 Å². The van der Waals surface area contributed by atoms with Crippen LogP contribution in [0.3, 0.4) is 0 Å². The fraction of sp³-hybridized carbons (Fsp3) is 0.0400. The highest BCUT2D eigenvalue weighted by Gasteiger charge is 2.21. The number of aromatic nitrogens is 1. The van der Waals surface area contributed by atoms with Crippen LogP contribution in [0.1, 0.15) is 15.9 Å². The van der Waals surface area contributed by atoms with Gasteiger partial charge in [-0.05, 0) is 35.4 Å². The Kier molecular flexibility index (Phi) is 5.63. The van der Waals surface area contributed by atoms with Crippen molar-refractivity contribution >= 4 is 28.4 Å². The smallest absolute Gasteiger partial charge is 0.270 e. The second-order valence-corrected chi connectivity index (χ2v) is 7.03. The fourth-order valence-corrected chi connectivity index (χ4v) is 3.50. The van der Waals surface area contributed by atoms with Gasteiger partial charge < -0.3 is 9.72 Å². The molecule has 7 nitrogen and oxygen atoms in total. The number of nitrogens with zero attached hydrogens (tertiary/aromatic N) is 1. The number of allylic oxidation sites excluding steroid dienone is 1. The number of benzene rings is 3. The Labute approximate surface area is 182 Å². The van der Waals surface area contributed by atoms with Gasteiger partial charge in [0.05, 0.1) is 17.6 Å². The molecule has 0 aliphatic rings. The number of non-ortho nitro benzene ring substituents is 1. The van der Waals surface area contributed by atoms with E-state index >= 15 is 0 Å². The molecule has 0 aliphatic heterocycles. The molecule has 0 aliphatic carbocycles. The third-order valence-electron chi connectivity index (χ3n) is 5.06. The van der Waals surface area contributed by atoms with Gasteiger partial charge in [-0.25, -0.2) is 0 Å². The van der Waals surface area contributed by atoms with E-state index < -0.39 is 16.3 Å². The minimum Gasteiger partial charge on any atom is -0.497 e. The number of nitrogens with one attached hydrogen (secondary N) is 1. The summed E-state index contributed by atoms with van der Waals surface area (Å²) < 4.78 is 5.13. The first-order chi connectivity index (χ1) is 15.5. The summed E-state index contributed by atoms with van der Waals surface area (Å²) in [5, 5.41) is 11.8. The lowest BCUT2D eigenvalue weighted by molar-refractivity contribution is -0.384. The number of hydrogen-bond donors (Lipinski definition) is 1. The number of H-pyrrole nitrogens is 1. The van der Waals surface area contributed by atoms with E-state index in [2.05, 4.69) is 4.98 Å². The van der Waals surface area contributed by atoms with Gasteiger partial charge in [-0.3, -0.25) is 19.7 Å². The number of methoxy groups -OCH3 is 1. The Morgan fingerprint density at radius 3 is 2.41 bits per heavy atom. The average Bonchev–Trinajstić information content (AvgIpc) is 2.82. The first-order valence-electron chi connectivity index (χ1n) is 9.74. The molecule has 158 valence electrons. The summed E-state index contributed by atoms with van der Waals surface area (Å²) in [7, 11) is 1.57. The average molecular weight is 426 g/mol. The molecule has 4 rings (SSSR count). The highest BCUT2D eigenvalue weighted by molar-refractivity contribution is 6.15. The molecule has 3 aromatic carbocycles. The molecule has 0 saturated heterocycles. The molecule has 32 heavy (non-hydrogen) atoms. The number of ketones is 1. The molecular weight excluding hydrogens is 408 g/mol. The first-order valence-corrected chi connectivity index (χ1v) is 9.74. The highest BCUT2D eigenvalue weighted by Crippen LogP contribution is 2.32. The molecule has 1 aromatic heterocycles. The van der Waals surface area contributed by atoms with Gasteiger partial charge in [-0.15, -0.1) is 0 Å². The molecule has 0 fully saturated rings. The molecule has 1 N–H and O–H groups in total. The zero-order valence-corrected chi connectivity index (χ0v) is 17.1. The largest absolute Gasteiger partial charge is 0.497 e. The lowest BCUT2D eigenvalue weighted by Gasteiger charge is -2.11. The summed E-state index contributed by atoms with van der Waals surface area (Å²) in [6.07, 6.45) is 2.93. The van der Waals surface area contributed by atoms with Gasteiger partial charge >= 0.3 is 0 Å². The molecule has 0 amide bonds. The quantitative estimate of drug-likeness (QED) is 0.202. The van der Waals surface area contributed by atoms with Crippen LogP contribution in [-0.4, -0.2) is 22.8 Å².